The van der Waals surface area contributed by atoms with Crippen molar-refractivity contribution < 1.29 is 14.6 Å². The van der Waals surface area contributed by atoms with Gasteiger partial charge in [-0.25, -0.2) is 0 Å². The lowest BCUT2D eigenvalue weighted by molar-refractivity contribution is -0.138. The number of rotatable bonds is 4. The second kappa shape index (κ2) is 4.79. The van der Waals surface area contributed by atoms with Crippen molar-refractivity contribution in [3.05, 3.63) is 29.3 Å². The quantitative estimate of drug-likeness (QED) is 0.774. The van der Waals surface area contributed by atoms with E-state index in [4.69, 9.17) is 15.6 Å². The second-order valence-electron chi connectivity index (χ2n) is 3.45. The van der Waals surface area contributed by atoms with Gasteiger partial charge in [0, 0.05) is 0 Å². The molecule has 0 saturated heterocycles. The Bertz CT molecular complexity index is 363. The van der Waals surface area contributed by atoms with Gasteiger partial charge in [0.15, 0.2) is 0 Å². The van der Waals surface area contributed by atoms with Crippen LogP contribution in [-0.2, 0) is 11.2 Å². The van der Waals surface area contributed by atoms with Gasteiger partial charge in [-0.05, 0) is 30.5 Å². The fourth-order valence-electron chi connectivity index (χ4n) is 1.33. The van der Waals surface area contributed by atoms with Gasteiger partial charge >= 0.3 is 5.97 Å². The van der Waals surface area contributed by atoms with Crippen LogP contribution in [0.1, 0.15) is 11.1 Å². The molecule has 0 bridgehead atoms. The van der Waals surface area contributed by atoms with Crippen molar-refractivity contribution in [2.75, 3.05) is 7.11 Å². The molecule has 1 atom stereocenters. The van der Waals surface area contributed by atoms with E-state index in [2.05, 4.69) is 0 Å². The molecule has 1 rings (SSSR count). The Morgan fingerprint density at radius 2 is 2.27 bits per heavy atom. The van der Waals surface area contributed by atoms with Crippen molar-refractivity contribution in [3.8, 4) is 5.75 Å². The van der Waals surface area contributed by atoms with Gasteiger partial charge in [-0.3, -0.25) is 4.79 Å². The molecule has 0 aliphatic rings. The molecule has 0 saturated carbocycles. The lowest BCUT2D eigenvalue weighted by Crippen LogP contribution is -2.32. The molecule has 0 radical (unpaired) electrons. The van der Waals surface area contributed by atoms with Crippen LogP contribution in [0.25, 0.3) is 0 Å². The van der Waals surface area contributed by atoms with Crippen molar-refractivity contribution in [2.24, 2.45) is 5.73 Å². The minimum atomic E-state index is -0.991. The molecule has 0 aliphatic heterocycles. The zero-order valence-corrected chi connectivity index (χ0v) is 8.86. The third-order valence-corrected chi connectivity index (χ3v) is 2.25. The summed E-state index contributed by atoms with van der Waals surface area (Å²) >= 11 is 0. The topological polar surface area (TPSA) is 72.5 Å². The van der Waals surface area contributed by atoms with Gasteiger partial charge in [0.2, 0.25) is 0 Å². The van der Waals surface area contributed by atoms with Crippen LogP contribution < -0.4 is 10.5 Å². The third-order valence-electron chi connectivity index (χ3n) is 2.25. The van der Waals surface area contributed by atoms with Crippen molar-refractivity contribution in [1.82, 2.24) is 0 Å². The van der Waals surface area contributed by atoms with Crippen molar-refractivity contribution in [3.63, 3.8) is 0 Å². The maximum Gasteiger partial charge on any atom is 0.320 e. The Morgan fingerprint density at radius 3 is 2.80 bits per heavy atom. The van der Waals surface area contributed by atoms with Crippen molar-refractivity contribution >= 4 is 5.97 Å². The lowest BCUT2D eigenvalue weighted by atomic mass is 10.0. The van der Waals surface area contributed by atoms with Crippen LogP contribution in [0.15, 0.2) is 18.2 Å². The highest BCUT2D eigenvalue weighted by Gasteiger charge is 2.12. The maximum atomic E-state index is 10.6. The molecular weight excluding hydrogens is 194 g/mol. The SMILES string of the molecule is COc1cc(C[C@@H](N)C(=O)O)ccc1C. The minimum Gasteiger partial charge on any atom is -0.496 e. The zero-order valence-electron chi connectivity index (χ0n) is 8.86. The molecular formula is C11H15NO3. The van der Waals surface area contributed by atoms with Gasteiger partial charge < -0.3 is 15.6 Å². The molecule has 4 nitrogen and oxygen atoms in total. The number of nitrogens with two attached hydrogens (primary N) is 1. The molecule has 0 amide bonds. The summed E-state index contributed by atoms with van der Waals surface area (Å²) in [4.78, 5) is 10.6. The fraction of sp³-hybridized carbons (Fsp3) is 0.364. The van der Waals surface area contributed by atoms with Crippen LogP contribution in [0.4, 0.5) is 0 Å². The fourth-order valence-corrected chi connectivity index (χ4v) is 1.33. The maximum absolute atomic E-state index is 10.6. The van der Waals surface area contributed by atoms with Crippen LogP contribution in [0.5, 0.6) is 5.75 Å². The summed E-state index contributed by atoms with van der Waals surface area (Å²) in [6.07, 6.45) is 0.311. The second-order valence-corrected chi connectivity index (χ2v) is 3.45. The number of methoxy groups -OCH3 is 1. The van der Waals surface area contributed by atoms with E-state index in [1.165, 1.54) is 0 Å². The normalized spacial score (nSPS) is 12.2. The molecule has 1 aromatic carbocycles. The van der Waals surface area contributed by atoms with E-state index in [-0.39, 0.29) is 0 Å². The molecule has 82 valence electrons. The van der Waals surface area contributed by atoms with Crippen LogP contribution in [0, 0.1) is 6.92 Å². The first-order chi connectivity index (χ1) is 7.04. The summed E-state index contributed by atoms with van der Waals surface area (Å²) in [7, 11) is 1.59. The van der Waals surface area contributed by atoms with Crippen LogP contribution in [0.2, 0.25) is 0 Å². The Hall–Kier alpha value is -1.55. The summed E-state index contributed by atoms with van der Waals surface area (Å²) in [6.45, 7) is 1.93. The molecule has 3 N–H and O–H groups in total. The number of hydrogen-bond donors (Lipinski definition) is 2. The van der Waals surface area contributed by atoms with Gasteiger partial charge in [0.1, 0.15) is 11.8 Å². The van der Waals surface area contributed by atoms with Crippen LogP contribution >= 0.6 is 0 Å². The monoisotopic (exact) mass is 209 g/mol. The molecule has 1 aromatic rings. The van der Waals surface area contributed by atoms with E-state index in [0.29, 0.717) is 6.42 Å². The van der Waals surface area contributed by atoms with Gasteiger partial charge in [0.25, 0.3) is 0 Å². The predicted molar refractivity (Wildman–Crippen MR) is 57.0 cm³/mol. The van der Waals surface area contributed by atoms with Crippen LogP contribution in [-0.4, -0.2) is 24.2 Å². The summed E-state index contributed by atoms with van der Waals surface area (Å²) in [5, 5.41) is 8.67. The lowest BCUT2D eigenvalue weighted by Gasteiger charge is -2.09. The van der Waals surface area contributed by atoms with E-state index in [0.717, 1.165) is 16.9 Å². The molecule has 0 spiro atoms. The van der Waals surface area contributed by atoms with E-state index in [1.807, 2.05) is 25.1 Å². The Morgan fingerprint density at radius 1 is 1.60 bits per heavy atom. The minimum absolute atomic E-state index is 0.311. The first kappa shape index (κ1) is 11.5. The first-order valence-electron chi connectivity index (χ1n) is 4.66. The molecule has 0 heterocycles. The molecule has 0 fully saturated rings. The number of carboxylic acid groups (broad SMARTS) is 1. The average Bonchev–Trinajstić information content (AvgIpc) is 2.20. The number of carboxylic acids is 1. The smallest absolute Gasteiger partial charge is 0.320 e. The highest BCUT2D eigenvalue weighted by Crippen LogP contribution is 2.19. The summed E-state index contributed by atoms with van der Waals surface area (Å²) in [6, 6.07) is 4.71. The van der Waals surface area contributed by atoms with Gasteiger partial charge in [-0.2, -0.15) is 0 Å². The molecule has 0 unspecified atom stereocenters. The Kier molecular flexibility index (Phi) is 3.68. The van der Waals surface area contributed by atoms with Crippen molar-refractivity contribution in [1.29, 1.82) is 0 Å². The highest BCUT2D eigenvalue weighted by atomic mass is 16.5. The summed E-state index contributed by atoms with van der Waals surface area (Å²) < 4.78 is 5.14. The molecule has 0 aliphatic carbocycles. The number of ether oxygens (including phenoxy) is 1. The Labute approximate surface area is 88.7 Å². The number of carbonyl (C=O) groups is 1. The van der Waals surface area contributed by atoms with Gasteiger partial charge in [-0.15, -0.1) is 0 Å². The molecule has 0 aromatic heterocycles. The van der Waals surface area contributed by atoms with E-state index < -0.39 is 12.0 Å². The van der Waals surface area contributed by atoms with E-state index in [1.54, 1.807) is 7.11 Å². The highest BCUT2D eigenvalue weighted by molar-refractivity contribution is 5.73. The van der Waals surface area contributed by atoms with Gasteiger partial charge in [0.05, 0.1) is 7.11 Å². The van der Waals surface area contributed by atoms with Crippen molar-refractivity contribution in [2.45, 2.75) is 19.4 Å². The average molecular weight is 209 g/mol. The first-order valence-corrected chi connectivity index (χ1v) is 4.66. The summed E-state index contributed by atoms with van der Waals surface area (Å²) in [5.74, 6) is -0.236. The third kappa shape index (κ3) is 2.95. The number of benzene rings is 1. The number of hydrogen-bond acceptors (Lipinski definition) is 3. The molecule has 4 heteroatoms. The largest absolute Gasteiger partial charge is 0.496 e. The Balaban J connectivity index is 2.83. The standard InChI is InChI=1S/C11H15NO3/c1-7-3-4-8(6-10(7)15-2)5-9(12)11(13)14/h3-4,6,9H,5,12H2,1-2H3,(H,13,14)/t9-/m1/s1. The van der Waals surface area contributed by atoms with E-state index in [9.17, 15) is 4.79 Å². The molecule has 15 heavy (non-hydrogen) atoms. The number of aliphatic carboxylic acids is 1. The predicted octanol–water partition coefficient (Wildman–Crippen LogP) is 0.958. The van der Waals surface area contributed by atoms with E-state index >= 15 is 0 Å². The summed E-state index contributed by atoms with van der Waals surface area (Å²) in [5.41, 5.74) is 7.32. The zero-order chi connectivity index (χ0) is 11.4. The van der Waals surface area contributed by atoms with Crippen LogP contribution in [0.3, 0.4) is 0 Å². The number of aryl methyl sites for hydroxylation is 1. The van der Waals surface area contributed by atoms with Gasteiger partial charge in [-0.1, -0.05) is 12.1 Å².